The Morgan fingerprint density at radius 2 is 2.00 bits per heavy atom. The van der Waals surface area contributed by atoms with E-state index in [4.69, 9.17) is 4.74 Å². The predicted octanol–water partition coefficient (Wildman–Crippen LogP) is 2.01. The lowest BCUT2D eigenvalue weighted by atomic mass is 10.2. The number of hydrogen-bond donors (Lipinski definition) is 0. The number of benzene rings is 1. The van der Waals surface area contributed by atoms with Gasteiger partial charge in [0.05, 0.1) is 13.3 Å². The molecule has 0 saturated carbocycles. The second-order valence-corrected chi connectivity index (χ2v) is 4.95. The van der Waals surface area contributed by atoms with Crippen LogP contribution in [-0.4, -0.2) is 39.6 Å². The number of methoxy groups -OCH3 is 1. The van der Waals surface area contributed by atoms with Crippen LogP contribution in [0.5, 0.6) is 5.88 Å². The van der Waals surface area contributed by atoms with Gasteiger partial charge < -0.3 is 9.64 Å². The van der Waals surface area contributed by atoms with E-state index in [1.54, 1.807) is 41.9 Å². The van der Waals surface area contributed by atoms with E-state index in [1.807, 2.05) is 30.3 Å². The number of aromatic nitrogens is 3. The highest BCUT2D eigenvalue weighted by Gasteiger charge is 2.16. The number of rotatable bonds is 4. The third-order valence-electron chi connectivity index (χ3n) is 3.33. The second kappa shape index (κ2) is 5.85. The minimum absolute atomic E-state index is 0.145. The van der Waals surface area contributed by atoms with Crippen molar-refractivity contribution in [3.05, 3.63) is 59.9 Å². The molecule has 0 saturated heterocycles. The van der Waals surface area contributed by atoms with Crippen LogP contribution >= 0.6 is 0 Å². The van der Waals surface area contributed by atoms with Crippen molar-refractivity contribution in [2.24, 2.45) is 0 Å². The lowest BCUT2D eigenvalue weighted by Crippen LogP contribution is -2.26. The zero-order valence-corrected chi connectivity index (χ0v) is 12.4. The van der Waals surface area contributed by atoms with Crippen molar-refractivity contribution in [3.8, 4) is 5.88 Å². The summed E-state index contributed by atoms with van der Waals surface area (Å²) in [6.07, 6.45) is 1.61. The fourth-order valence-electron chi connectivity index (χ4n) is 2.20. The Labute approximate surface area is 128 Å². The molecule has 1 aromatic carbocycles. The molecule has 112 valence electrons. The van der Waals surface area contributed by atoms with Gasteiger partial charge in [-0.15, -0.1) is 5.10 Å². The summed E-state index contributed by atoms with van der Waals surface area (Å²) >= 11 is 0. The lowest BCUT2D eigenvalue weighted by molar-refractivity contribution is 0.0780. The molecule has 0 N–H and O–H groups in total. The fourth-order valence-corrected chi connectivity index (χ4v) is 2.20. The maximum atomic E-state index is 12.5. The Balaban J connectivity index is 1.82. The zero-order chi connectivity index (χ0) is 15.5. The third kappa shape index (κ3) is 2.76. The average molecular weight is 296 g/mol. The number of hydrogen-bond acceptors (Lipinski definition) is 4. The van der Waals surface area contributed by atoms with Gasteiger partial charge in [0.15, 0.2) is 5.65 Å². The van der Waals surface area contributed by atoms with E-state index < -0.39 is 0 Å². The van der Waals surface area contributed by atoms with Crippen LogP contribution in [-0.2, 0) is 6.54 Å². The molecular formula is C16H16N4O2. The summed E-state index contributed by atoms with van der Waals surface area (Å²) in [5, 5.41) is 4.20. The van der Waals surface area contributed by atoms with Crippen molar-refractivity contribution in [3.63, 3.8) is 0 Å². The number of imidazole rings is 1. The van der Waals surface area contributed by atoms with Gasteiger partial charge in [-0.2, -0.15) is 0 Å². The van der Waals surface area contributed by atoms with Gasteiger partial charge in [0.1, 0.15) is 5.69 Å². The number of fused-ring (bicyclic) bond motifs is 1. The van der Waals surface area contributed by atoms with Gasteiger partial charge in [-0.05, 0) is 11.6 Å². The number of carbonyl (C=O) groups is 1. The van der Waals surface area contributed by atoms with Crippen molar-refractivity contribution >= 4 is 11.6 Å². The monoisotopic (exact) mass is 296 g/mol. The van der Waals surface area contributed by atoms with Gasteiger partial charge in [-0.25, -0.2) is 9.50 Å². The molecule has 0 unspecified atom stereocenters. The summed E-state index contributed by atoms with van der Waals surface area (Å²) in [4.78, 5) is 18.4. The van der Waals surface area contributed by atoms with Crippen LogP contribution in [0.25, 0.3) is 5.65 Å². The van der Waals surface area contributed by atoms with Crippen LogP contribution in [0.2, 0.25) is 0 Å². The molecule has 3 rings (SSSR count). The molecule has 1 amide bonds. The summed E-state index contributed by atoms with van der Waals surface area (Å²) in [5.41, 5.74) is 2.04. The molecule has 3 aromatic rings. The zero-order valence-electron chi connectivity index (χ0n) is 12.4. The van der Waals surface area contributed by atoms with Crippen LogP contribution in [0.4, 0.5) is 0 Å². The predicted molar refractivity (Wildman–Crippen MR) is 81.8 cm³/mol. The van der Waals surface area contributed by atoms with Gasteiger partial charge in [-0.3, -0.25) is 4.79 Å². The van der Waals surface area contributed by atoms with Crippen molar-refractivity contribution in [1.82, 2.24) is 19.5 Å². The molecule has 6 nitrogen and oxygen atoms in total. The minimum Gasteiger partial charge on any atom is -0.480 e. The van der Waals surface area contributed by atoms with E-state index in [0.29, 0.717) is 23.8 Å². The van der Waals surface area contributed by atoms with Crippen LogP contribution in [0, 0.1) is 0 Å². The smallest absolute Gasteiger partial charge is 0.274 e. The summed E-state index contributed by atoms with van der Waals surface area (Å²) in [6, 6.07) is 13.3. The van der Waals surface area contributed by atoms with E-state index in [2.05, 4.69) is 10.1 Å². The molecule has 2 heterocycles. The standard InChI is InChI=1S/C16H16N4O2/c1-19(10-12-6-4-3-5-7-12)16(21)13-11-20-14(17-13)8-9-15(18-20)22-2/h3-9,11H,10H2,1-2H3. The molecular weight excluding hydrogens is 280 g/mol. The normalized spacial score (nSPS) is 10.6. The van der Waals surface area contributed by atoms with Crippen molar-refractivity contribution in [2.75, 3.05) is 14.2 Å². The van der Waals surface area contributed by atoms with Gasteiger partial charge >= 0.3 is 0 Å². The van der Waals surface area contributed by atoms with Crippen molar-refractivity contribution < 1.29 is 9.53 Å². The Bertz CT molecular complexity index is 798. The average Bonchev–Trinajstić information content (AvgIpc) is 2.97. The highest BCUT2D eigenvalue weighted by atomic mass is 16.5. The highest BCUT2D eigenvalue weighted by molar-refractivity contribution is 5.92. The van der Waals surface area contributed by atoms with Crippen LogP contribution in [0.15, 0.2) is 48.7 Å². The molecule has 0 radical (unpaired) electrons. The van der Waals surface area contributed by atoms with Gasteiger partial charge in [0, 0.05) is 19.7 Å². The maximum absolute atomic E-state index is 12.5. The largest absolute Gasteiger partial charge is 0.480 e. The minimum atomic E-state index is -0.145. The third-order valence-corrected chi connectivity index (χ3v) is 3.33. The molecule has 0 fully saturated rings. The highest BCUT2D eigenvalue weighted by Crippen LogP contribution is 2.12. The Hall–Kier alpha value is -2.89. The van der Waals surface area contributed by atoms with E-state index >= 15 is 0 Å². The summed E-state index contributed by atoms with van der Waals surface area (Å²) in [7, 11) is 3.30. The molecule has 0 aliphatic heterocycles. The molecule has 0 aliphatic rings. The van der Waals surface area contributed by atoms with Crippen molar-refractivity contribution in [2.45, 2.75) is 6.54 Å². The Morgan fingerprint density at radius 1 is 1.23 bits per heavy atom. The Kier molecular flexibility index (Phi) is 3.74. The van der Waals surface area contributed by atoms with E-state index in [9.17, 15) is 4.79 Å². The SMILES string of the molecule is COc1ccc2nc(C(=O)N(C)Cc3ccccc3)cn2n1. The topological polar surface area (TPSA) is 59.7 Å². The number of amides is 1. The van der Waals surface area contributed by atoms with E-state index in [1.165, 1.54) is 0 Å². The molecule has 0 aliphatic carbocycles. The van der Waals surface area contributed by atoms with E-state index in [-0.39, 0.29) is 5.91 Å². The first kappa shape index (κ1) is 14.1. The number of carbonyl (C=O) groups excluding carboxylic acids is 1. The first-order valence-electron chi connectivity index (χ1n) is 6.87. The van der Waals surface area contributed by atoms with Crippen LogP contribution < -0.4 is 4.74 Å². The molecule has 6 heteroatoms. The van der Waals surface area contributed by atoms with Crippen LogP contribution in [0.1, 0.15) is 16.1 Å². The fraction of sp³-hybridized carbons (Fsp3) is 0.188. The maximum Gasteiger partial charge on any atom is 0.274 e. The van der Waals surface area contributed by atoms with Gasteiger partial charge in [0.2, 0.25) is 5.88 Å². The first-order valence-corrected chi connectivity index (χ1v) is 6.87. The molecule has 22 heavy (non-hydrogen) atoms. The van der Waals surface area contributed by atoms with Gasteiger partial charge in [-0.1, -0.05) is 30.3 Å². The van der Waals surface area contributed by atoms with Crippen LogP contribution in [0.3, 0.4) is 0 Å². The molecule has 0 bridgehead atoms. The lowest BCUT2D eigenvalue weighted by Gasteiger charge is -2.15. The number of nitrogens with zero attached hydrogens (tertiary/aromatic N) is 4. The van der Waals surface area contributed by atoms with E-state index in [0.717, 1.165) is 5.56 Å². The molecule has 2 aromatic heterocycles. The molecule has 0 spiro atoms. The quantitative estimate of drug-likeness (QED) is 0.739. The molecule has 0 atom stereocenters. The summed E-state index contributed by atoms with van der Waals surface area (Å²) < 4.78 is 6.61. The van der Waals surface area contributed by atoms with Gasteiger partial charge in [0.25, 0.3) is 5.91 Å². The number of ether oxygens (including phenoxy) is 1. The summed E-state index contributed by atoms with van der Waals surface area (Å²) in [6.45, 7) is 0.532. The van der Waals surface area contributed by atoms with Crippen molar-refractivity contribution in [1.29, 1.82) is 0 Å². The first-order chi connectivity index (χ1) is 10.7. The Morgan fingerprint density at radius 3 is 2.73 bits per heavy atom. The summed E-state index contributed by atoms with van der Waals surface area (Å²) in [5.74, 6) is 0.329. The second-order valence-electron chi connectivity index (χ2n) is 4.95.